The molecule has 0 unspecified atom stereocenters. The summed E-state index contributed by atoms with van der Waals surface area (Å²) in [5.74, 6) is 0. The van der Waals surface area contributed by atoms with Gasteiger partial charge in [0.2, 0.25) is 0 Å². The van der Waals surface area contributed by atoms with Crippen molar-refractivity contribution in [3.63, 3.8) is 0 Å². The van der Waals surface area contributed by atoms with Crippen molar-refractivity contribution in [2.45, 2.75) is 52.4 Å². The van der Waals surface area contributed by atoms with Crippen molar-refractivity contribution in [3.8, 4) is 50.2 Å². The summed E-state index contributed by atoms with van der Waals surface area (Å²) in [6, 6.07) is 70.8. The lowest BCUT2D eigenvalue weighted by molar-refractivity contribution is 0.590. The highest BCUT2D eigenvalue weighted by Crippen LogP contribution is 2.55. The maximum Gasteiger partial charge on any atom is 0.252 e. The summed E-state index contributed by atoms with van der Waals surface area (Å²) in [4.78, 5) is 4.70. The van der Waals surface area contributed by atoms with Crippen molar-refractivity contribution in [2.24, 2.45) is 0 Å². The number of para-hydroxylation sites is 2. The summed E-state index contributed by atoms with van der Waals surface area (Å²) >= 11 is 0. The number of aromatic nitrogens is 1. The Balaban J connectivity index is 1.08. The molecule has 16 aromatic rings. The van der Waals surface area contributed by atoms with E-state index in [0.717, 1.165) is 99.5 Å². The van der Waals surface area contributed by atoms with E-state index in [1.165, 1.54) is 11.1 Å². The topological polar surface area (TPSA) is 37.7 Å². The lowest BCUT2D eigenvalue weighted by Crippen LogP contribution is -2.61. The first-order valence-corrected chi connectivity index (χ1v) is 31.3. The van der Waals surface area contributed by atoms with Crippen LogP contribution in [-0.2, 0) is 10.8 Å². The molecule has 6 heteroatoms. The molecule has 0 spiro atoms. The first-order chi connectivity index (χ1) is 49.0. The second kappa shape index (κ2) is 20.2. The van der Waals surface area contributed by atoms with Gasteiger partial charge in [-0.2, -0.15) is 0 Å². The third-order valence-electron chi connectivity index (χ3n) is 19.0. The highest BCUT2D eigenvalue weighted by Gasteiger charge is 2.46. The Bertz CT molecular complexity index is 5890. The van der Waals surface area contributed by atoms with Gasteiger partial charge in [-0.25, -0.2) is 0 Å². The highest BCUT2D eigenvalue weighted by molar-refractivity contribution is 7.00. The zero-order valence-corrected chi connectivity index (χ0v) is 51.5. The van der Waals surface area contributed by atoms with E-state index in [0.29, 0.717) is 55.8 Å². The lowest BCUT2D eigenvalue weighted by Gasteiger charge is -2.45. The Kier molecular flexibility index (Phi) is 9.75. The van der Waals surface area contributed by atoms with Crippen LogP contribution in [0.3, 0.4) is 0 Å². The number of hydrogen-bond acceptors (Lipinski definition) is 4. The predicted molar refractivity (Wildman–Crippen MR) is 389 cm³/mol. The first-order valence-electron chi connectivity index (χ1n) is 36.3. The fraction of sp³-hybridized carbons (Fsp3) is 0.0930. The summed E-state index contributed by atoms with van der Waals surface area (Å²) in [7, 11) is 0. The van der Waals surface area contributed by atoms with E-state index in [2.05, 4.69) is 153 Å². The molecule has 0 N–H and O–H groups in total. The summed E-state index contributed by atoms with van der Waals surface area (Å²) in [6.07, 6.45) is 0. The summed E-state index contributed by atoms with van der Waals surface area (Å²) in [6.45, 7) is 12.7. The monoisotopic (exact) mass is 1190 g/mol. The molecule has 2 aliphatic rings. The molecule has 5 nitrogen and oxygen atoms in total. The molecule has 18 rings (SSSR count). The minimum atomic E-state index is -0.807. The van der Waals surface area contributed by atoms with Crippen LogP contribution in [0.15, 0.2) is 288 Å². The normalized spacial score (nSPS) is 14.6. The number of nitrogens with zero attached hydrogens (tertiary/aromatic N) is 3. The largest absolute Gasteiger partial charge is 0.456 e. The van der Waals surface area contributed by atoms with E-state index in [1.807, 2.05) is 121 Å². The standard InChI is InChI=1S/C86H64BN3O2/c1-85(2,3)59-37-43-70-66(49-59)67-50-60(86(4,5)6)38-44-71(67)88(70)61-51-74-82-75(52-61)90(84-63(56-29-17-10-18-30-56)40-46-79-81(84)65-32-20-22-34-77(65)92-79)73-42-36-58(54-25-13-8-14-26-54)48-69(73)87(82)68-47-57(53-23-11-7-12-24-53)35-41-72(68)89(74)83-62(55-27-15-9-16-28-55)39-45-78-80(83)64-31-19-21-33-76(64)91-78/h7-52H,1-6H3/i7D,8D,11D,12D,13D,14D,23D,24D,25D,26D. The van der Waals surface area contributed by atoms with Gasteiger partial charge in [0.15, 0.2) is 0 Å². The van der Waals surface area contributed by atoms with Crippen LogP contribution in [-0.4, -0.2) is 11.3 Å². The molecule has 2 aliphatic heterocycles. The number of hydrogen-bond donors (Lipinski definition) is 0. The van der Waals surface area contributed by atoms with Crippen LogP contribution < -0.4 is 26.2 Å². The van der Waals surface area contributed by atoms with Crippen LogP contribution in [0.4, 0.5) is 34.1 Å². The van der Waals surface area contributed by atoms with Crippen molar-refractivity contribution in [1.82, 2.24) is 4.57 Å². The Hall–Kier alpha value is -11.1. The molecule has 438 valence electrons. The fourth-order valence-corrected chi connectivity index (χ4v) is 14.7. The van der Waals surface area contributed by atoms with Crippen LogP contribution in [0.2, 0.25) is 0 Å². The van der Waals surface area contributed by atoms with E-state index < -0.39 is 43.0 Å². The van der Waals surface area contributed by atoms with Gasteiger partial charge in [-0.1, -0.05) is 235 Å². The second-order valence-electron chi connectivity index (χ2n) is 26.4. The van der Waals surface area contributed by atoms with Gasteiger partial charge in [-0.05, 0) is 157 Å². The van der Waals surface area contributed by atoms with E-state index in [-0.39, 0.29) is 46.1 Å². The predicted octanol–water partition coefficient (Wildman–Crippen LogP) is 21.9. The maximum atomic E-state index is 9.57. The number of furan rings is 2. The van der Waals surface area contributed by atoms with E-state index >= 15 is 0 Å². The third kappa shape index (κ3) is 8.26. The zero-order chi connectivity index (χ0) is 70.4. The molecule has 13 aromatic carbocycles. The van der Waals surface area contributed by atoms with Crippen LogP contribution in [0.1, 0.15) is 66.4 Å². The quantitative estimate of drug-likeness (QED) is 0.149. The molecule has 0 saturated carbocycles. The molecule has 0 atom stereocenters. The molecule has 0 saturated heterocycles. The molecule has 0 bridgehead atoms. The minimum Gasteiger partial charge on any atom is -0.456 e. The van der Waals surface area contributed by atoms with Gasteiger partial charge in [-0.15, -0.1) is 0 Å². The van der Waals surface area contributed by atoms with Crippen molar-refractivity contribution in [2.75, 3.05) is 9.80 Å². The Morgan fingerprint density at radius 1 is 0.348 bits per heavy atom. The smallest absolute Gasteiger partial charge is 0.252 e. The Labute approximate surface area is 549 Å². The van der Waals surface area contributed by atoms with Crippen LogP contribution in [0.25, 0.3) is 116 Å². The van der Waals surface area contributed by atoms with Gasteiger partial charge >= 0.3 is 0 Å². The molecular weight excluding hydrogens is 1120 g/mol. The lowest BCUT2D eigenvalue weighted by atomic mass is 9.33. The van der Waals surface area contributed by atoms with Crippen LogP contribution in [0.5, 0.6) is 0 Å². The molecule has 92 heavy (non-hydrogen) atoms. The van der Waals surface area contributed by atoms with Gasteiger partial charge in [-0.3, -0.25) is 0 Å². The van der Waals surface area contributed by atoms with E-state index in [4.69, 9.17) is 17.1 Å². The second-order valence-corrected chi connectivity index (χ2v) is 26.4. The summed E-state index contributed by atoms with van der Waals surface area (Å²) in [5, 5.41) is 5.61. The third-order valence-corrected chi connectivity index (χ3v) is 19.0. The number of rotatable bonds is 7. The number of benzene rings is 13. The molecule has 0 aliphatic carbocycles. The SMILES string of the molecule is [2H]c1c([2H])c([2H])c(-c2ccc3c(c2)B2c4cc(-c5c([2H])c([2H])c([2H])c([2H])c5[2H])ccc4N(c4c(-c5ccccc5)ccc5oc6ccccc6c45)c4cc(-n5c6ccc(C(C)(C)C)cc6c6cc(C(C)(C)C)ccc65)cc(c42)N3c2c(-c3ccccc3)ccc3oc4ccccc4c23)c([2H])c1[2H]. The van der Waals surface area contributed by atoms with Gasteiger partial charge < -0.3 is 23.2 Å². The fourth-order valence-electron chi connectivity index (χ4n) is 14.7. The van der Waals surface area contributed by atoms with Crippen LogP contribution >= 0.6 is 0 Å². The molecule has 5 heterocycles. The summed E-state index contributed by atoms with van der Waals surface area (Å²) < 4.78 is 108. The van der Waals surface area contributed by atoms with Gasteiger partial charge in [0.25, 0.3) is 6.71 Å². The number of fused-ring (bicyclic) bond motifs is 13. The summed E-state index contributed by atoms with van der Waals surface area (Å²) in [5.41, 5.74) is 18.6. The zero-order valence-electron chi connectivity index (χ0n) is 61.5. The van der Waals surface area contributed by atoms with Crippen LogP contribution in [0, 0.1) is 0 Å². The van der Waals surface area contributed by atoms with E-state index in [1.54, 1.807) is 0 Å². The molecule has 0 amide bonds. The van der Waals surface area contributed by atoms with E-state index in [9.17, 15) is 5.48 Å². The Morgan fingerprint density at radius 3 is 1.21 bits per heavy atom. The molecule has 0 fully saturated rings. The van der Waals surface area contributed by atoms with Gasteiger partial charge in [0, 0.05) is 55.4 Å². The van der Waals surface area contributed by atoms with Gasteiger partial charge in [0.1, 0.15) is 22.3 Å². The van der Waals surface area contributed by atoms with Crippen molar-refractivity contribution < 1.29 is 22.5 Å². The average molecular weight is 1190 g/mol. The van der Waals surface area contributed by atoms with Gasteiger partial charge in [0.05, 0.1) is 52.6 Å². The first kappa shape index (κ1) is 44.4. The molecule has 0 radical (unpaired) electrons. The number of anilines is 6. The maximum absolute atomic E-state index is 9.57. The Morgan fingerprint density at radius 2 is 0.772 bits per heavy atom. The molecule has 3 aromatic heterocycles. The van der Waals surface area contributed by atoms with Crippen molar-refractivity contribution in [3.05, 3.63) is 290 Å². The minimum absolute atomic E-state index is 0.0248. The van der Waals surface area contributed by atoms with Crippen molar-refractivity contribution >= 4 is 123 Å². The average Bonchev–Trinajstić information content (AvgIpc) is 0.863. The highest BCUT2D eigenvalue weighted by atomic mass is 16.3. The molecular formula is C86H64BN3O2. The van der Waals surface area contributed by atoms with Crippen molar-refractivity contribution in [1.29, 1.82) is 0 Å².